The summed E-state index contributed by atoms with van der Waals surface area (Å²) >= 11 is 12.6. The van der Waals surface area contributed by atoms with Gasteiger partial charge in [0, 0.05) is 0 Å². The third-order valence-electron chi connectivity index (χ3n) is 0.997. The summed E-state index contributed by atoms with van der Waals surface area (Å²) in [5, 5.41) is 8.31. The maximum Gasteiger partial charge on any atom is 0.0986 e. The molecule has 0 saturated carbocycles. The van der Waals surface area contributed by atoms with Crippen molar-refractivity contribution in [3.8, 4) is 6.07 Å². The van der Waals surface area contributed by atoms with Gasteiger partial charge in [-0.1, -0.05) is 23.2 Å². The van der Waals surface area contributed by atoms with Gasteiger partial charge in [0.25, 0.3) is 0 Å². The van der Waals surface area contributed by atoms with Crippen LogP contribution in [-0.2, 0) is 6.42 Å². The zero-order chi connectivity index (χ0) is 7.56. The summed E-state index contributed by atoms with van der Waals surface area (Å²) in [5.41, 5.74) is 0.819. The zero-order valence-corrected chi connectivity index (χ0v) is 7.22. The quantitative estimate of drug-likeness (QED) is 0.670. The molecule has 0 unspecified atom stereocenters. The van der Waals surface area contributed by atoms with Crippen LogP contribution in [0.25, 0.3) is 0 Å². The molecule has 0 bridgehead atoms. The Morgan fingerprint density at radius 3 is 2.70 bits per heavy atom. The molecule has 10 heavy (non-hydrogen) atoms. The molecule has 0 fully saturated rings. The fraction of sp³-hybridized carbons (Fsp3) is 0.167. The average Bonchev–Trinajstić information content (AvgIpc) is 2.13. The minimum Gasteiger partial charge on any atom is -0.198 e. The van der Waals surface area contributed by atoms with Crippen molar-refractivity contribution in [1.29, 1.82) is 5.26 Å². The second kappa shape index (κ2) is 3.25. The monoisotopic (exact) mass is 191 g/mol. The summed E-state index contributed by atoms with van der Waals surface area (Å²) in [4.78, 5) is 0. The second-order valence-corrected chi connectivity index (χ2v) is 3.97. The van der Waals surface area contributed by atoms with E-state index in [1.165, 1.54) is 11.3 Å². The van der Waals surface area contributed by atoms with E-state index in [1.54, 1.807) is 6.07 Å². The lowest BCUT2D eigenvalue weighted by molar-refractivity contribution is 1.29. The van der Waals surface area contributed by atoms with Gasteiger partial charge in [0.1, 0.15) is 0 Å². The average molecular weight is 192 g/mol. The predicted molar refractivity (Wildman–Crippen MR) is 43.7 cm³/mol. The number of nitriles is 1. The second-order valence-electron chi connectivity index (χ2n) is 1.68. The lowest BCUT2D eigenvalue weighted by Gasteiger charge is -1.83. The maximum atomic E-state index is 8.31. The highest BCUT2D eigenvalue weighted by atomic mass is 35.5. The molecule has 4 heteroatoms. The smallest absolute Gasteiger partial charge is 0.0986 e. The van der Waals surface area contributed by atoms with E-state index in [4.69, 9.17) is 28.5 Å². The molecule has 1 nitrogen and oxygen atoms in total. The Balaban J connectivity index is 2.94. The van der Waals surface area contributed by atoms with Crippen molar-refractivity contribution in [2.24, 2.45) is 0 Å². The first kappa shape index (κ1) is 7.87. The van der Waals surface area contributed by atoms with E-state index < -0.39 is 0 Å². The zero-order valence-electron chi connectivity index (χ0n) is 4.90. The number of rotatable bonds is 1. The largest absolute Gasteiger partial charge is 0.198 e. The van der Waals surface area contributed by atoms with Crippen LogP contribution in [0.4, 0.5) is 0 Å². The summed E-state index contributed by atoms with van der Waals surface area (Å²) in [6, 6.07) is 3.72. The summed E-state index contributed by atoms with van der Waals surface area (Å²) in [7, 11) is 0. The van der Waals surface area contributed by atoms with Crippen molar-refractivity contribution in [3.63, 3.8) is 0 Å². The van der Waals surface area contributed by atoms with E-state index >= 15 is 0 Å². The Morgan fingerprint density at radius 1 is 1.60 bits per heavy atom. The topological polar surface area (TPSA) is 23.8 Å². The molecule has 52 valence electrons. The van der Waals surface area contributed by atoms with Gasteiger partial charge in [-0.2, -0.15) is 5.26 Å². The molecule has 1 heterocycles. The number of nitrogens with zero attached hydrogens (tertiary/aromatic N) is 1. The maximum absolute atomic E-state index is 8.31. The highest BCUT2D eigenvalue weighted by Crippen LogP contribution is 2.31. The number of halogens is 2. The van der Waals surface area contributed by atoms with Gasteiger partial charge < -0.3 is 0 Å². The first-order valence-electron chi connectivity index (χ1n) is 2.54. The lowest BCUT2D eigenvalue weighted by atomic mass is 10.3. The lowest BCUT2D eigenvalue weighted by Crippen LogP contribution is -1.73. The Morgan fingerprint density at radius 2 is 2.30 bits per heavy atom. The van der Waals surface area contributed by atoms with E-state index in [-0.39, 0.29) is 0 Å². The molecule has 0 aliphatic carbocycles. The van der Waals surface area contributed by atoms with Gasteiger partial charge >= 0.3 is 0 Å². The summed E-state index contributed by atoms with van der Waals surface area (Å²) in [6.45, 7) is 0. The van der Waals surface area contributed by atoms with Crippen molar-refractivity contribution in [2.75, 3.05) is 0 Å². The molecule has 1 aromatic rings. The highest BCUT2D eigenvalue weighted by molar-refractivity contribution is 7.20. The third kappa shape index (κ3) is 1.63. The summed E-state index contributed by atoms with van der Waals surface area (Å²) < 4.78 is 1.25. The van der Waals surface area contributed by atoms with Gasteiger partial charge in [0.05, 0.1) is 21.2 Å². The standard InChI is InChI=1S/C6H3Cl2NS/c7-5-3-4(1-2-9)6(8)10-5/h3H,1H2. The van der Waals surface area contributed by atoms with Gasteiger partial charge in [-0.3, -0.25) is 0 Å². The molecule has 0 aliphatic rings. The molecule has 0 saturated heterocycles. The molecule has 0 amide bonds. The third-order valence-corrected chi connectivity index (χ3v) is 2.57. The van der Waals surface area contributed by atoms with Crippen molar-refractivity contribution in [1.82, 2.24) is 0 Å². The van der Waals surface area contributed by atoms with Crippen LogP contribution in [0.5, 0.6) is 0 Å². The van der Waals surface area contributed by atoms with Crippen LogP contribution in [0.2, 0.25) is 8.67 Å². The van der Waals surface area contributed by atoms with Crippen LogP contribution < -0.4 is 0 Å². The van der Waals surface area contributed by atoms with E-state index in [9.17, 15) is 0 Å². The molecule has 0 radical (unpaired) electrons. The van der Waals surface area contributed by atoms with Gasteiger partial charge in [-0.05, 0) is 11.6 Å². The summed E-state index contributed by atoms with van der Waals surface area (Å²) in [6.07, 6.45) is 0.335. The number of thiophene rings is 1. The Labute approximate surface area is 72.8 Å². The van der Waals surface area contributed by atoms with E-state index in [1.807, 2.05) is 6.07 Å². The first-order chi connectivity index (χ1) is 4.74. The van der Waals surface area contributed by atoms with Crippen LogP contribution in [0.3, 0.4) is 0 Å². The molecule has 0 N–H and O–H groups in total. The van der Waals surface area contributed by atoms with Crippen molar-refractivity contribution in [2.45, 2.75) is 6.42 Å². The van der Waals surface area contributed by atoms with Crippen LogP contribution >= 0.6 is 34.5 Å². The van der Waals surface area contributed by atoms with Crippen LogP contribution in [0, 0.1) is 11.3 Å². The Bertz CT molecular complexity index is 274. The predicted octanol–water partition coefficient (Wildman–Crippen LogP) is 3.12. The minimum atomic E-state index is 0.335. The van der Waals surface area contributed by atoms with E-state index in [0.717, 1.165) is 5.56 Å². The fourth-order valence-corrected chi connectivity index (χ4v) is 2.07. The van der Waals surface area contributed by atoms with Crippen LogP contribution in [0.15, 0.2) is 6.07 Å². The molecule has 1 aromatic heterocycles. The molecular formula is C6H3Cl2NS. The molecule has 0 spiro atoms. The Hall–Kier alpha value is -0.230. The van der Waals surface area contributed by atoms with Crippen molar-refractivity contribution < 1.29 is 0 Å². The normalized spacial score (nSPS) is 9.30. The molecule has 1 rings (SSSR count). The van der Waals surface area contributed by atoms with E-state index in [0.29, 0.717) is 15.1 Å². The van der Waals surface area contributed by atoms with Crippen molar-refractivity contribution >= 4 is 34.5 Å². The minimum absolute atomic E-state index is 0.335. The molecule has 0 aliphatic heterocycles. The first-order valence-corrected chi connectivity index (χ1v) is 4.12. The van der Waals surface area contributed by atoms with Gasteiger partial charge in [0.2, 0.25) is 0 Å². The highest BCUT2D eigenvalue weighted by Gasteiger charge is 2.03. The molecule has 0 aromatic carbocycles. The SMILES string of the molecule is N#CCc1cc(Cl)sc1Cl. The fourth-order valence-electron chi connectivity index (χ4n) is 0.580. The Kier molecular flexibility index (Phi) is 2.56. The van der Waals surface area contributed by atoms with Crippen LogP contribution in [0.1, 0.15) is 5.56 Å². The van der Waals surface area contributed by atoms with Gasteiger partial charge in [-0.15, -0.1) is 11.3 Å². The molecular weight excluding hydrogens is 189 g/mol. The number of hydrogen-bond donors (Lipinski definition) is 0. The number of hydrogen-bond acceptors (Lipinski definition) is 2. The van der Waals surface area contributed by atoms with E-state index in [2.05, 4.69) is 0 Å². The van der Waals surface area contributed by atoms with Crippen LogP contribution in [-0.4, -0.2) is 0 Å². The molecule has 0 atom stereocenters. The van der Waals surface area contributed by atoms with Crippen molar-refractivity contribution in [3.05, 3.63) is 20.3 Å². The van der Waals surface area contributed by atoms with Gasteiger partial charge in [-0.25, -0.2) is 0 Å². The summed E-state index contributed by atoms with van der Waals surface area (Å²) in [5.74, 6) is 0. The van der Waals surface area contributed by atoms with Gasteiger partial charge in [0.15, 0.2) is 0 Å².